The van der Waals surface area contributed by atoms with E-state index in [2.05, 4.69) is 10.6 Å². The number of amides is 2. The first-order valence-electron chi connectivity index (χ1n) is 6.49. The summed E-state index contributed by atoms with van der Waals surface area (Å²) < 4.78 is 5.25. The minimum atomic E-state index is -0.223. The quantitative estimate of drug-likeness (QED) is 0.872. The summed E-state index contributed by atoms with van der Waals surface area (Å²) in [6, 6.07) is 10.6. The van der Waals surface area contributed by atoms with Crippen LogP contribution in [0.1, 0.15) is 19.1 Å². The first-order chi connectivity index (χ1) is 9.63. The lowest BCUT2D eigenvalue weighted by molar-refractivity contribution is 0.248. The standard InChI is InChI=1S/C15H17ClN2O2/c1-11(4-9-14-3-2-10-20-14)17-15(19)18-13-7-5-12(16)6-8-13/h2-3,5-8,10-11H,4,9H2,1H3,(H2,17,18,19). The average Bonchev–Trinajstić information content (AvgIpc) is 2.92. The molecule has 20 heavy (non-hydrogen) atoms. The third kappa shape index (κ3) is 4.63. The Kier molecular flexibility index (Phi) is 5.07. The van der Waals surface area contributed by atoms with Gasteiger partial charge in [0.1, 0.15) is 5.76 Å². The molecule has 1 unspecified atom stereocenters. The van der Waals surface area contributed by atoms with Crippen LogP contribution in [-0.2, 0) is 6.42 Å². The van der Waals surface area contributed by atoms with Gasteiger partial charge in [-0.1, -0.05) is 11.6 Å². The van der Waals surface area contributed by atoms with Crippen LogP contribution in [0.3, 0.4) is 0 Å². The van der Waals surface area contributed by atoms with E-state index in [0.29, 0.717) is 10.7 Å². The molecule has 4 nitrogen and oxygen atoms in total. The molecule has 0 saturated carbocycles. The van der Waals surface area contributed by atoms with E-state index >= 15 is 0 Å². The van der Waals surface area contributed by atoms with Gasteiger partial charge in [-0.3, -0.25) is 0 Å². The Morgan fingerprint density at radius 1 is 1.30 bits per heavy atom. The zero-order chi connectivity index (χ0) is 14.4. The van der Waals surface area contributed by atoms with Crippen LogP contribution in [0.4, 0.5) is 10.5 Å². The lowest BCUT2D eigenvalue weighted by Gasteiger charge is -2.14. The maximum absolute atomic E-state index is 11.8. The minimum Gasteiger partial charge on any atom is -0.469 e. The highest BCUT2D eigenvalue weighted by Gasteiger charge is 2.08. The SMILES string of the molecule is CC(CCc1ccco1)NC(=O)Nc1ccc(Cl)cc1. The van der Waals surface area contributed by atoms with E-state index in [4.69, 9.17) is 16.0 Å². The van der Waals surface area contributed by atoms with Crippen LogP contribution in [0.2, 0.25) is 5.02 Å². The van der Waals surface area contributed by atoms with Gasteiger partial charge in [-0.2, -0.15) is 0 Å². The molecule has 106 valence electrons. The molecule has 0 fully saturated rings. The van der Waals surface area contributed by atoms with E-state index in [0.717, 1.165) is 18.6 Å². The fourth-order valence-electron chi connectivity index (χ4n) is 1.81. The number of hydrogen-bond acceptors (Lipinski definition) is 2. The molecule has 0 aliphatic heterocycles. The number of halogens is 1. The zero-order valence-electron chi connectivity index (χ0n) is 11.2. The minimum absolute atomic E-state index is 0.0624. The summed E-state index contributed by atoms with van der Waals surface area (Å²) in [7, 11) is 0. The van der Waals surface area contributed by atoms with E-state index in [9.17, 15) is 4.79 Å². The third-order valence-electron chi connectivity index (χ3n) is 2.88. The number of furan rings is 1. The summed E-state index contributed by atoms with van der Waals surface area (Å²) >= 11 is 5.79. The second-order valence-electron chi connectivity index (χ2n) is 4.62. The van der Waals surface area contributed by atoms with Gasteiger partial charge in [-0.05, 0) is 49.7 Å². The molecular weight excluding hydrogens is 276 g/mol. The van der Waals surface area contributed by atoms with Gasteiger partial charge in [-0.25, -0.2) is 4.79 Å². The van der Waals surface area contributed by atoms with E-state index in [-0.39, 0.29) is 12.1 Å². The van der Waals surface area contributed by atoms with Crippen LogP contribution < -0.4 is 10.6 Å². The maximum atomic E-state index is 11.8. The Hall–Kier alpha value is -1.94. The highest BCUT2D eigenvalue weighted by molar-refractivity contribution is 6.30. The van der Waals surface area contributed by atoms with Gasteiger partial charge < -0.3 is 15.1 Å². The van der Waals surface area contributed by atoms with Crippen LogP contribution in [0.25, 0.3) is 0 Å². The number of rotatable bonds is 5. The molecular formula is C15H17ClN2O2. The van der Waals surface area contributed by atoms with E-state index < -0.39 is 0 Å². The van der Waals surface area contributed by atoms with Crippen molar-refractivity contribution < 1.29 is 9.21 Å². The van der Waals surface area contributed by atoms with Crippen LogP contribution >= 0.6 is 11.6 Å². The normalized spacial score (nSPS) is 11.9. The molecule has 2 N–H and O–H groups in total. The second-order valence-corrected chi connectivity index (χ2v) is 5.06. The number of anilines is 1. The molecule has 0 bridgehead atoms. The molecule has 1 aromatic carbocycles. The summed E-state index contributed by atoms with van der Waals surface area (Å²) in [4.78, 5) is 11.8. The number of carbonyl (C=O) groups excluding carboxylic acids is 1. The van der Waals surface area contributed by atoms with Gasteiger partial charge in [0, 0.05) is 23.2 Å². The predicted octanol–water partition coefficient (Wildman–Crippen LogP) is 4.08. The summed E-state index contributed by atoms with van der Waals surface area (Å²) in [6.07, 6.45) is 3.28. The van der Waals surface area contributed by atoms with Crippen molar-refractivity contribution in [3.63, 3.8) is 0 Å². The summed E-state index contributed by atoms with van der Waals surface area (Å²) in [6.45, 7) is 1.96. The first-order valence-corrected chi connectivity index (χ1v) is 6.87. The molecule has 5 heteroatoms. The lowest BCUT2D eigenvalue weighted by Crippen LogP contribution is -2.36. The number of aryl methyl sites for hydroxylation is 1. The van der Waals surface area contributed by atoms with Crippen molar-refractivity contribution in [3.05, 3.63) is 53.4 Å². The highest BCUT2D eigenvalue weighted by Crippen LogP contribution is 2.13. The Morgan fingerprint density at radius 2 is 2.05 bits per heavy atom. The smallest absolute Gasteiger partial charge is 0.319 e. The molecule has 0 aliphatic rings. The summed E-state index contributed by atoms with van der Waals surface area (Å²) in [5.41, 5.74) is 0.713. The third-order valence-corrected chi connectivity index (χ3v) is 3.14. The fourth-order valence-corrected chi connectivity index (χ4v) is 1.94. The predicted molar refractivity (Wildman–Crippen MR) is 80.1 cm³/mol. The number of benzene rings is 1. The van der Waals surface area contributed by atoms with Crippen LogP contribution in [-0.4, -0.2) is 12.1 Å². The van der Waals surface area contributed by atoms with Gasteiger partial charge in [-0.15, -0.1) is 0 Å². The highest BCUT2D eigenvalue weighted by atomic mass is 35.5. The molecule has 1 atom stereocenters. The molecule has 0 saturated heterocycles. The molecule has 2 amide bonds. The Balaban J connectivity index is 1.74. The first kappa shape index (κ1) is 14.5. The molecule has 2 rings (SSSR count). The summed E-state index contributed by atoms with van der Waals surface area (Å²) in [5, 5.41) is 6.28. The van der Waals surface area contributed by atoms with E-state index in [1.54, 1.807) is 30.5 Å². The number of urea groups is 1. The van der Waals surface area contributed by atoms with Gasteiger partial charge in [0.15, 0.2) is 0 Å². The topological polar surface area (TPSA) is 54.3 Å². The van der Waals surface area contributed by atoms with Gasteiger partial charge in [0.25, 0.3) is 0 Å². The number of carbonyl (C=O) groups is 1. The average molecular weight is 293 g/mol. The van der Waals surface area contributed by atoms with Crippen molar-refractivity contribution in [2.45, 2.75) is 25.8 Å². The second kappa shape index (κ2) is 7.01. The van der Waals surface area contributed by atoms with Crippen molar-refractivity contribution in [2.24, 2.45) is 0 Å². The fraction of sp³-hybridized carbons (Fsp3) is 0.267. The van der Waals surface area contributed by atoms with Crippen molar-refractivity contribution >= 4 is 23.3 Å². The zero-order valence-corrected chi connectivity index (χ0v) is 12.0. The molecule has 1 heterocycles. The van der Waals surface area contributed by atoms with E-state index in [1.807, 2.05) is 19.1 Å². The molecule has 2 aromatic rings. The molecule has 0 aliphatic carbocycles. The monoisotopic (exact) mass is 292 g/mol. The Labute approximate surface area is 123 Å². The molecule has 1 aromatic heterocycles. The van der Waals surface area contributed by atoms with Crippen molar-refractivity contribution in [3.8, 4) is 0 Å². The molecule has 0 spiro atoms. The van der Waals surface area contributed by atoms with Crippen molar-refractivity contribution in [1.29, 1.82) is 0 Å². The van der Waals surface area contributed by atoms with Gasteiger partial charge in [0.2, 0.25) is 0 Å². The van der Waals surface area contributed by atoms with Crippen LogP contribution in [0.5, 0.6) is 0 Å². The summed E-state index contributed by atoms with van der Waals surface area (Å²) in [5.74, 6) is 0.928. The Morgan fingerprint density at radius 3 is 2.70 bits per heavy atom. The van der Waals surface area contributed by atoms with Crippen molar-refractivity contribution in [2.75, 3.05) is 5.32 Å². The number of nitrogens with one attached hydrogen (secondary N) is 2. The molecule has 0 radical (unpaired) electrons. The number of hydrogen-bond donors (Lipinski definition) is 2. The lowest BCUT2D eigenvalue weighted by atomic mass is 10.1. The maximum Gasteiger partial charge on any atom is 0.319 e. The van der Waals surface area contributed by atoms with Crippen LogP contribution in [0, 0.1) is 0 Å². The van der Waals surface area contributed by atoms with Crippen molar-refractivity contribution in [1.82, 2.24) is 5.32 Å². The van der Waals surface area contributed by atoms with Gasteiger partial charge >= 0.3 is 6.03 Å². The Bertz CT molecular complexity index is 538. The van der Waals surface area contributed by atoms with Crippen LogP contribution in [0.15, 0.2) is 47.1 Å². The van der Waals surface area contributed by atoms with E-state index in [1.165, 1.54) is 0 Å². The largest absolute Gasteiger partial charge is 0.469 e. The van der Waals surface area contributed by atoms with Gasteiger partial charge in [0.05, 0.1) is 6.26 Å².